The van der Waals surface area contributed by atoms with Gasteiger partial charge in [-0.15, -0.1) is 5.06 Å². The molecule has 1 N–H and O–H groups in total. The molecule has 1 heterocycles. The monoisotopic (exact) mass is 407 g/mol. The van der Waals surface area contributed by atoms with Crippen LogP contribution in [0.15, 0.2) is 24.3 Å². The molecule has 0 radical (unpaired) electrons. The molecular weight excluding hydrogens is 386 g/mol. The lowest BCUT2D eigenvalue weighted by Gasteiger charge is -2.23. The van der Waals surface area contributed by atoms with Gasteiger partial charge < -0.3 is 14.9 Å². The van der Waals surface area contributed by atoms with Crippen LogP contribution in [-0.4, -0.2) is 45.5 Å². The van der Waals surface area contributed by atoms with Crippen LogP contribution in [-0.2, 0) is 30.4 Å². The van der Waals surface area contributed by atoms with Gasteiger partial charge in [-0.3, -0.25) is 19.7 Å². The summed E-state index contributed by atoms with van der Waals surface area (Å²) in [6.07, 6.45) is -1.15. The minimum Gasteiger partial charge on any atom is -0.444 e. The molecule has 0 aliphatic carbocycles. The lowest BCUT2D eigenvalue weighted by Crippen LogP contribution is -2.48. The first-order valence-electron chi connectivity index (χ1n) is 8.77. The number of nitrogens with zero attached hydrogens (tertiary/aromatic N) is 2. The van der Waals surface area contributed by atoms with Crippen molar-refractivity contribution < 1.29 is 33.7 Å². The lowest BCUT2D eigenvalue weighted by atomic mass is 10.1. The Kier molecular flexibility index (Phi) is 6.52. The standard InChI is InChI=1S/C18H21N3O8/c1-18(2,3)28-17(25)19-13(10-11-4-6-12(7-5-11)21(26)27)16(24)29-20-14(22)8-9-15(20)23/h4-7,13H,8-10H2,1-3H3,(H,19,25)/t13-/m0/s1. The summed E-state index contributed by atoms with van der Waals surface area (Å²) in [5.41, 5.74) is -0.485. The molecule has 0 unspecified atom stereocenters. The summed E-state index contributed by atoms with van der Waals surface area (Å²) in [6, 6.07) is 4.03. The maximum absolute atomic E-state index is 12.5. The number of ether oxygens (including phenoxy) is 1. The number of alkyl carbamates (subject to hydrolysis) is 1. The van der Waals surface area contributed by atoms with Gasteiger partial charge in [-0.2, -0.15) is 0 Å². The van der Waals surface area contributed by atoms with Gasteiger partial charge in [0.05, 0.1) is 4.92 Å². The van der Waals surface area contributed by atoms with E-state index >= 15 is 0 Å². The quantitative estimate of drug-likeness (QED) is 0.425. The van der Waals surface area contributed by atoms with Crippen LogP contribution in [0, 0.1) is 10.1 Å². The van der Waals surface area contributed by atoms with Gasteiger partial charge in [0.15, 0.2) is 0 Å². The summed E-state index contributed by atoms with van der Waals surface area (Å²) in [5.74, 6) is -2.36. The van der Waals surface area contributed by atoms with Crippen molar-refractivity contribution in [1.29, 1.82) is 0 Å². The molecule has 0 spiro atoms. The van der Waals surface area contributed by atoms with Crippen molar-refractivity contribution in [3.05, 3.63) is 39.9 Å². The zero-order valence-electron chi connectivity index (χ0n) is 16.2. The lowest BCUT2D eigenvalue weighted by molar-refractivity contribution is -0.384. The summed E-state index contributed by atoms with van der Waals surface area (Å²) in [5, 5.41) is 13.5. The number of nitrogens with one attached hydrogen (secondary N) is 1. The van der Waals surface area contributed by atoms with Crippen molar-refractivity contribution >= 4 is 29.6 Å². The zero-order valence-corrected chi connectivity index (χ0v) is 16.2. The number of carbonyl (C=O) groups excluding carboxylic acids is 4. The molecule has 1 fully saturated rings. The number of hydrogen-bond acceptors (Lipinski definition) is 8. The molecule has 1 aromatic rings. The highest BCUT2D eigenvalue weighted by Gasteiger charge is 2.36. The van der Waals surface area contributed by atoms with Crippen LogP contribution in [0.1, 0.15) is 39.2 Å². The van der Waals surface area contributed by atoms with Gasteiger partial charge in [-0.25, -0.2) is 9.59 Å². The third-order valence-corrected chi connectivity index (χ3v) is 3.75. The van der Waals surface area contributed by atoms with Crippen molar-refractivity contribution in [2.75, 3.05) is 0 Å². The van der Waals surface area contributed by atoms with Crippen molar-refractivity contribution in [1.82, 2.24) is 10.4 Å². The van der Waals surface area contributed by atoms with E-state index < -0.39 is 40.4 Å². The molecule has 2 rings (SSSR count). The van der Waals surface area contributed by atoms with Gasteiger partial charge in [0.1, 0.15) is 11.6 Å². The number of nitro groups is 1. The summed E-state index contributed by atoms with van der Waals surface area (Å²) in [7, 11) is 0. The highest BCUT2D eigenvalue weighted by Crippen LogP contribution is 2.16. The molecule has 1 aromatic carbocycles. The number of non-ortho nitro benzene ring substituents is 1. The second kappa shape index (κ2) is 8.67. The fraction of sp³-hybridized carbons (Fsp3) is 0.444. The third-order valence-electron chi connectivity index (χ3n) is 3.75. The predicted molar refractivity (Wildman–Crippen MR) is 97.1 cm³/mol. The molecule has 3 amide bonds. The minimum absolute atomic E-state index is 0.0708. The summed E-state index contributed by atoms with van der Waals surface area (Å²) < 4.78 is 5.12. The summed E-state index contributed by atoms with van der Waals surface area (Å²) in [6.45, 7) is 4.91. The SMILES string of the molecule is CC(C)(C)OC(=O)N[C@@H](Cc1ccc([N+](=O)[O-])cc1)C(=O)ON1C(=O)CCC1=O. The minimum atomic E-state index is -1.30. The molecule has 29 heavy (non-hydrogen) atoms. The Morgan fingerprint density at radius 1 is 1.17 bits per heavy atom. The van der Waals surface area contributed by atoms with Gasteiger partial charge in [-0.05, 0) is 26.3 Å². The molecule has 156 valence electrons. The fourth-order valence-corrected chi connectivity index (χ4v) is 2.44. The number of imide groups is 1. The van der Waals surface area contributed by atoms with Crippen molar-refractivity contribution in [3.63, 3.8) is 0 Å². The third kappa shape index (κ3) is 6.26. The molecule has 1 aliphatic rings. The van der Waals surface area contributed by atoms with Crippen LogP contribution < -0.4 is 5.32 Å². The van der Waals surface area contributed by atoms with E-state index in [0.717, 1.165) is 0 Å². The molecule has 11 nitrogen and oxygen atoms in total. The number of hydroxylamine groups is 2. The van der Waals surface area contributed by atoms with E-state index in [4.69, 9.17) is 9.57 Å². The maximum Gasteiger partial charge on any atom is 0.408 e. The Morgan fingerprint density at radius 3 is 2.21 bits per heavy atom. The molecule has 1 saturated heterocycles. The Bertz CT molecular complexity index is 813. The van der Waals surface area contributed by atoms with Crippen LogP contribution in [0.2, 0.25) is 0 Å². The van der Waals surface area contributed by atoms with Gasteiger partial charge in [0.25, 0.3) is 17.5 Å². The van der Waals surface area contributed by atoms with E-state index in [1.807, 2.05) is 0 Å². The van der Waals surface area contributed by atoms with Crippen LogP contribution in [0.4, 0.5) is 10.5 Å². The topological polar surface area (TPSA) is 145 Å². The molecule has 0 aromatic heterocycles. The fourth-order valence-electron chi connectivity index (χ4n) is 2.44. The molecule has 1 aliphatic heterocycles. The van der Waals surface area contributed by atoms with E-state index in [9.17, 15) is 29.3 Å². The second-order valence-electron chi connectivity index (χ2n) is 7.32. The molecular formula is C18H21N3O8. The number of rotatable bonds is 6. The van der Waals surface area contributed by atoms with Crippen LogP contribution in [0.25, 0.3) is 0 Å². The van der Waals surface area contributed by atoms with Crippen LogP contribution in [0.3, 0.4) is 0 Å². The molecule has 0 saturated carbocycles. The van der Waals surface area contributed by atoms with Crippen LogP contribution in [0.5, 0.6) is 0 Å². The van der Waals surface area contributed by atoms with Gasteiger partial charge >= 0.3 is 12.1 Å². The summed E-state index contributed by atoms with van der Waals surface area (Å²) in [4.78, 5) is 63.0. The number of hydrogen-bond donors (Lipinski definition) is 1. The van der Waals surface area contributed by atoms with E-state index in [-0.39, 0.29) is 24.9 Å². The van der Waals surface area contributed by atoms with Crippen molar-refractivity contribution in [3.8, 4) is 0 Å². The van der Waals surface area contributed by atoms with Crippen molar-refractivity contribution in [2.45, 2.75) is 51.7 Å². The highest BCUT2D eigenvalue weighted by molar-refractivity contribution is 6.01. The van der Waals surface area contributed by atoms with Crippen molar-refractivity contribution in [2.24, 2.45) is 0 Å². The highest BCUT2D eigenvalue weighted by atomic mass is 16.7. The molecule has 1 atom stereocenters. The average molecular weight is 407 g/mol. The largest absolute Gasteiger partial charge is 0.444 e. The maximum atomic E-state index is 12.5. The Balaban J connectivity index is 2.16. The van der Waals surface area contributed by atoms with Crippen LogP contribution >= 0.6 is 0 Å². The Labute approximate surface area is 166 Å². The van der Waals surface area contributed by atoms with Gasteiger partial charge in [-0.1, -0.05) is 12.1 Å². The van der Waals surface area contributed by atoms with Gasteiger partial charge in [0.2, 0.25) is 0 Å². The first-order chi connectivity index (χ1) is 13.5. The Morgan fingerprint density at radius 2 is 1.72 bits per heavy atom. The number of nitro benzene ring substituents is 1. The van der Waals surface area contributed by atoms with E-state index in [2.05, 4.69) is 5.32 Å². The number of benzene rings is 1. The first kappa shape index (κ1) is 21.8. The normalized spacial score (nSPS) is 15.1. The van der Waals surface area contributed by atoms with E-state index in [1.165, 1.54) is 24.3 Å². The average Bonchev–Trinajstić information content (AvgIpc) is 2.92. The second-order valence-corrected chi connectivity index (χ2v) is 7.32. The number of amides is 3. The first-order valence-corrected chi connectivity index (χ1v) is 8.77. The Hall–Kier alpha value is -3.50. The van der Waals surface area contributed by atoms with E-state index in [1.54, 1.807) is 20.8 Å². The van der Waals surface area contributed by atoms with Gasteiger partial charge in [0, 0.05) is 31.4 Å². The molecule has 0 bridgehead atoms. The smallest absolute Gasteiger partial charge is 0.408 e. The number of carbonyl (C=O) groups is 4. The van der Waals surface area contributed by atoms with E-state index in [0.29, 0.717) is 10.6 Å². The predicted octanol–water partition coefficient (Wildman–Crippen LogP) is 1.64. The zero-order chi connectivity index (χ0) is 21.8. The molecule has 11 heteroatoms. The summed E-state index contributed by atoms with van der Waals surface area (Å²) >= 11 is 0.